The molecule has 1 aromatic carbocycles. The van der Waals surface area contributed by atoms with Crippen molar-refractivity contribution in [2.24, 2.45) is 11.3 Å². The summed E-state index contributed by atoms with van der Waals surface area (Å²) in [6, 6.07) is 6.57. The Labute approximate surface area is 359 Å². The molecule has 5 atom stereocenters. The maximum Gasteiger partial charge on any atom is 0.325 e. The van der Waals surface area contributed by atoms with Gasteiger partial charge in [0.25, 0.3) is 5.91 Å². The Kier molecular flexibility index (Phi) is 16.8. The molecule has 321 valence electrons. The highest BCUT2D eigenvalue weighted by molar-refractivity contribution is 6.67. The number of ether oxygens (including phenoxy) is 2. The molecule has 3 N–H and O–H groups in total. The predicted octanol–water partition coefficient (Wildman–Crippen LogP) is 7.15. The largest absolute Gasteiger partial charge is 0.460 e. The topological polar surface area (TPSA) is 165 Å². The Hall–Kier alpha value is -3.27. The highest BCUT2D eigenvalue weighted by Gasteiger charge is 2.49. The van der Waals surface area contributed by atoms with Crippen LogP contribution in [-0.2, 0) is 37.9 Å². The molecule has 1 radical (unpaired) electrons. The number of aromatic nitrogens is 1. The Morgan fingerprint density at radius 3 is 2.22 bits per heavy atom. The highest BCUT2D eigenvalue weighted by Crippen LogP contribution is 2.41. The molecule has 1 aliphatic rings. The second-order valence-corrected chi connectivity index (χ2v) is 22.2. The average Bonchev–Trinajstić information content (AvgIpc) is 3.12. The molecule has 1 aromatic heterocycles. The van der Waals surface area contributed by atoms with Crippen LogP contribution in [-0.4, -0.2) is 89.4 Å². The molecular weight excluding hydrogens is 825 g/mol. The molecule has 3 rings (SSSR count). The van der Waals surface area contributed by atoms with Crippen molar-refractivity contribution in [3.8, 4) is 0 Å². The molecule has 17 heteroatoms. The molecule has 2 aromatic rings. The van der Waals surface area contributed by atoms with E-state index in [2.05, 4.69) is 43.4 Å². The third kappa shape index (κ3) is 13.4. The number of alkyl halides is 3. The van der Waals surface area contributed by atoms with Crippen molar-refractivity contribution < 1.29 is 37.9 Å². The van der Waals surface area contributed by atoms with Gasteiger partial charge in [0.2, 0.25) is 24.6 Å². The van der Waals surface area contributed by atoms with Gasteiger partial charge < -0.3 is 24.5 Å². The number of nitrogens with one attached hydrogen (secondary N) is 3. The van der Waals surface area contributed by atoms with Gasteiger partial charge in [0.15, 0.2) is 0 Å². The number of pyridine rings is 1. The number of rotatable bonds is 15. The summed E-state index contributed by atoms with van der Waals surface area (Å²) in [5, 5.41) is 7.76. The van der Waals surface area contributed by atoms with Crippen LogP contribution < -0.4 is 16.1 Å². The predicted molar refractivity (Wildman–Crippen MR) is 229 cm³/mol. The molecule has 0 spiro atoms. The summed E-state index contributed by atoms with van der Waals surface area (Å²) in [6.45, 7) is 22.0. The van der Waals surface area contributed by atoms with E-state index >= 15 is 0 Å². The van der Waals surface area contributed by atoms with E-state index in [4.69, 9.17) is 53.7 Å². The Bertz CT molecular complexity index is 1850. The van der Waals surface area contributed by atoms with Crippen LogP contribution in [0.3, 0.4) is 0 Å². The standard InChI is InChI=1S/C41H59Cl3N5O8Si/c1-24(2)33(34(51)45-25(3)35(52)49-21-13-14-31(48-49)36(53)55-23-41(42,43)44)47-37(54)40(11,39(9,10)57-58(12)38(6,7)8)20-19-28-15-16-29-17-18-30(46-32(29)22-28)26(4)56-27(5)50/h15-20,22,24-26,31,33,48H,13-14,21,23H2,1-12H3,(H,45,51)(H,47,54)/b20-19+/t25-,26+,31-,33-,40?/m0/s1. The van der Waals surface area contributed by atoms with E-state index in [9.17, 15) is 24.0 Å². The maximum atomic E-state index is 14.7. The highest BCUT2D eigenvalue weighted by atomic mass is 35.6. The van der Waals surface area contributed by atoms with Gasteiger partial charge in [-0.2, -0.15) is 0 Å². The molecule has 58 heavy (non-hydrogen) atoms. The van der Waals surface area contributed by atoms with Crippen molar-refractivity contribution in [1.82, 2.24) is 26.1 Å². The van der Waals surface area contributed by atoms with Crippen LogP contribution >= 0.6 is 34.8 Å². The molecule has 0 bridgehead atoms. The molecule has 2 heterocycles. The zero-order valence-electron chi connectivity index (χ0n) is 35.6. The van der Waals surface area contributed by atoms with Crippen molar-refractivity contribution in [2.75, 3.05) is 13.2 Å². The third-order valence-electron chi connectivity index (χ3n) is 10.4. The monoisotopic (exact) mass is 882 g/mol. The fourth-order valence-electron chi connectivity index (χ4n) is 6.04. The molecule has 1 unspecified atom stereocenters. The Balaban J connectivity index is 1.88. The van der Waals surface area contributed by atoms with Gasteiger partial charge in [-0.05, 0) is 82.7 Å². The van der Waals surface area contributed by atoms with Crippen molar-refractivity contribution in [1.29, 1.82) is 0 Å². The van der Waals surface area contributed by atoms with Gasteiger partial charge in [-0.1, -0.05) is 99.8 Å². The lowest BCUT2D eigenvalue weighted by Crippen LogP contribution is -2.62. The van der Waals surface area contributed by atoms with Gasteiger partial charge in [-0.15, -0.1) is 0 Å². The van der Waals surface area contributed by atoms with Crippen LogP contribution in [0.4, 0.5) is 0 Å². The summed E-state index contributed by atoms with van der Waals surface area (Å²) in [4.78, 5) is 70.9. The number of nitrogens with zero attached hydrogens (tertiary/aromatic N) is 2. The molecule has 0 aliphatic carbocycles. The van der Waals surface area contributed by atoms with E-state index in [-0.39, 0.29) is 17.5 Å². The normalized spacial score (nSPS) is 18.1. The molecule has 13 nitrogen and oxygen atoms in total. The zero-order valence-corrected chi connectivity index (χ0v) is 38.8. The zero-order chi connectivity index (χ0) is 44.0. The molecular formula is C41H59Cl3N5O8Si. The summed E-state index contributed by atoms with van der Waals surface area (Å²) < 4.78 is 15.4. The minimum atomic E-state index is -1.78. The smallest absolute Gasteiger partial charge is 0.325 e. The van der Waals surface area contributed by atoms with Crippen molar-refractivity contribution in [3.05, 3.63) is 47.7 Å². The number of hydrazine groups is 1. The Morgan fingerprint density at radius 2 is 1.64 bits per heavy atom. The second-order valence-electron chi connectivity index (χ2n) is 16.9. The van der Waals surface area contributed by atoms with E-state index < -0.39 is 84.3 Å². The molecule has 0 saturated carbocycles. The summed E-state index contributed by atoms with van der Waals surface area (Å²) in [5.74, 6) is -2.94. The second kappa shape index (κ2) is 19.9. The first-order chi connectivity index (χ1) is 26.6. The number of fused-ring (bicyclic) bond motifs is 1. The van der Waals surface area contributed by atoms with E-state index in [1.54, 1.807) is 33.8 Å². The van der Waals surface area contributed by atoms with Crippen LogP contribution in [0.1, 0.15) is 106 Å². The Morgan fingerprint density at radius 1 is 1.00 bits per heavy atom. The fraction of sp³-hybridized carbons (Fsp3) is 0.610. The number of benzene rings is 1. The lowest BCUT2D eigenvalue weighted by atomic mass is 9.73. The quantitative estimate of drug-likeness (QED) is 0.0951. The van der Waals surface area contributed by atoms with Crippen LogP contribution in [0, 0.1) is 11.3 Å². The number of amides is 3. The average molecular weight is 884 g/mol. The summed E-state index contributed by atoms with van der Waals surface area (Å²) in [7, 11) is -1.46. The maximum absolute atomic E-state index is 14.7. The number of hydrogen-bond acceptors (Lipinski definition) is 10. The molecule has 3 amide bonds. The van der Waals surface area contributed by atoms with Crippen molar-refractivity contribution in [2.45, 2.75) is 134 Å². The first-order valence-electron chi connectivity index (χ1n) is 19.4. The minimum absolute atomic E-state index is 0.148. The van der Waals surface area contributed by atoms with Crippen molar-refractivity contribution >= 4 is 90.5 Å². The number of esters is 2. The fourth-order valence-corrected chi connectivity index (χ4v) is 7.48. The van der Waals surface area contributed by atoms with Gasteiger partial charge in [0.1, 0.15) is 30.8 Å². The van der Waals surface area contributed by atoms with E-state index in [0.717, 1.165) is 10.9 Å². The van der Waals surface area contributed by atoms with E-state index in [1.807, 2.05) is 50.3 Å². The van der Waals surface area contributed by atoms with Gasteiger partial charge in [0, 0.05) is 18.9 Å². The number of halogens is 3. The molecule has 1 fully saturated rings. The lowest BCUT2D eigenvalue weighted by molar-refractivity contribution is -0.153. The summed E-state index contributed by atoms with van der Waals surface area (Å²) >= 11 is 17.1. The van der Waals surface area contributed by atoms with Gasteiger partial charge in [-0.25, -0.2) is 10.4 Å². The summed E-state index contributed by atoms with van der Waals surface area (Å²) in [6.07, 6.45) is 3.99. The summed E-state index contributed by atoms with van der Waals surface area (Å²) in [5.41, 5.74) is 2.54. The van der Waals surface area contributed by atoms with Crippen molar-refractivity contribution in [3.63, 3.8) is 0 Å². The lowest BCUT2D eigenvalue weighted by Gasteiger charge is -2.45. The third-order valence-corrected chi connectivity index (χ3v) is 13.6. The molecule has 1 saturated heterocycles. The van der Waals surface area contributed by atoms with Gasteiger partial charge >= 0.3 is 11.9 Å². The first-order valence-corrected chi connectivity index (χ1v) is 22.4. The van der Waals surface area contributed by atoms with Crippen LogP contribution in [0.5, 0.6) is 0 Å². The van der Waals surface area contributed by atoms with Crippen LogP contribution in [0.2, 0.25) is 11.6 Å². The van der Waals surface area contributed by atoms with Gasteiger partial charge in [-0.3, -0.25) is 29.0 Å². The number of carbonyl (C=O) groups excluding carboxylic acids is 5. The molecule has 1 aliphatic heterocycles. The SMILES string of the molecule is CC(=O)O[C@H](C)c1ccc2ccc(/C=C/C(C)(C(=O)N[C@H](C(=O)N[C@@H](C)C(=O)N3CCC[C@@H](C(=O)OCC(Cl)(Cl)Cl)N3)C(C)C)C(C)(C)O[Si](C)C(C)(C)C)cc2n1. The minimum Gasteiger partial charge on any atom is -0.460 e. The van der Waals surface area contributed by atoms with Crippen LogP contribution in [0.25, 0.3) is 17.0 Å². The van der Waals surface area contributed by atoms with E-state index in [1.165, 1.54) is 18.9 Å². The number of hydrogen-bond donors (Lipinski definition) is 3. The number of carbonyl (C=O) groups is 5. The van der Waals surface area contributed by atoms with E-state index in [0.29, 0.717) is 24.1 Å². The van der Waals surface area contributed by atoms with Crippen LogP contribution in [0.15, 0.2) is 36.4 Å². The first kappa shape index (κ1) is 49.1. The van der Waals surface area contributed by atoms with Gasteiger partial charge in [0.05, 0.1) is 22.2 Å².